The largest absolute Gasteiger partial charge is 0.497 e. The van der Waals surface area contributed by atoms with Gasteiger partial charge in [-0.25, -0.2) is 9.59 Å². The maximum Gasteiger partial charge on any atom is 0.344 e. The second-order valence-corrected chi connectivity index (χ2v) is 6.63. The molecular formula is C24H24O9. The molecule has 9 nitrogen and oxygen atoms in total. The van der Waals surface area contributed by atoms with Crippen molar-refractivity contribution in [2.45, 2.75) is 13.8 Å². The molecule has 0 aliphatic heterocycles. The zero-order valence-corrected chi connectivity index (χ0v) is 18.5. The first kappa shape index (κ1) is 23.6. The molecule has 0 unspecified atom stereocenters. The predicted molar refractivity (Wildman–Crippen MR) is 119 cm³/mol. The second kappa shape index (κ2) is 11.0. The first-order valence-corrected chi connectivity index (χ1v) is 10.3. The van der Waals surface area contributed by atoms with Crippen LogP contribution >= 0.6 is 0 Å². The fraction of sp³-hybridized carbons (Fsp3) is 0.292. The first-order chi connectivity index (χ1) is 16.0. The fourth-order valence-electron chi connectivity index (χ4n) is 3.05. The lowest BCUT2D eigenvalue weighted by Crippen LogP contribution is -2.19. The van der Waals surface area contributed by atoms with Crippen LogP contribution in [0.2, 0.25) is 0 Å². The zero-order valence-electron chi connectivity index (χ0n) is 18.5. The van der Waals surface area contributed by atoms with Crippen molar-refractivity contribution < 1.29 is 37.7 Å². The summed E-state index contributed by atoms with van der Waals surface area (Å²) in [5.74, 6) is -0.533. The standard InChI is InChI=1S/C24H24O9/c1-4-29-19(25)13-31-17-7-6-8-18-21(17)22(27)24(32-14-20(26)30-5-2)23(33-18)15-9-11-16(28-3)12-10-15/h6-12H,4-5,13-14H2,1-3H3. The van der Waals surface area contributed by atoms with Gasteiger partial charge < -0.3 is 28.1 Å². The Balaban J connectivity index is 2.10. The van der Waals surface area contributed by atoms with E-state index in [-0.39, 0.29) is 48.0 Å². The van der Waals surface area contributed by atoms with Crippen molar-refractivity contribution in [3.8, 4) is 28.6 Å². The van der Waals surface area contributed by atoms with Crippen molar-refractivity contribution in [1.82, 2.24) is 0 Å². The second-order valence-electron chi connectivity index (χ2n) is 6.63. The van der Waals surface area contributed by atoms with Crippen LogP contribution in [0.25, 0.3) is 22.3 Å². The van der Waals surface area contributed by atoms with Crippen molar-refractivity contribution in [2.24, 2.45) is 0 Å². The van der Waals surface area contributed by atoms with Crippen molar-refractivity contribution in [3.63, 3.8) is 0 Å². The Morgan fingerprint density at radius 1 is 0.879 bits per heavy atom. The highest BCUT2D eigenvalue weighted by atomic mass is 16.6. The molecule has 0 saturated heterocycles. The number of carbonyl (C=O) groups is 2. The molecule has 0 amide bonds. The van der Waals surface area contributed by atoms with Crippen LogP contribution in [0, 0.1) is 0 Å². The van der Waals surface area contributed by atoms with E-state index in [1.54, 1.807) is 50.2 Å². The molecule has 0 saturated carbocycles. The van der Waals surface area contributed by atoms with E-state index in [0.29, 0.717) is 11.3 Å². The minimum atomic E-state index is -0.635. The number of esters is 2. The Kier molecular flexibility index (Phi) is 7.91. The van der Waals surface area contributed by atoms with E-state index in [1.807, 2.05) is 0 Å². The number of rotatable bonds is 10. The van der Waals surface area contributed by atoms with Crippen LogP contribution in [0.15, 0.2) is 51.7 Å². The fourth-order valence-corrected chi connectivity index (χ4v) is 3.05. The molecule has 33 heavy (non-hydrogen) atoms. The van der Waals surface area contributed by atoms with Gasteiger partial charge in [-0.05, 0) is 50.2 Å². The van der Waals surface area contributed by atoms with Crippen LogP contribution in [-0.2, 0) is 19.1 Å². The molecule has 0 aliphatic carbocycles. The third-order valence-electron chi connectivity index (χ3n) is 4.48. The smallest absolute Gasteiger partial charge is 0.344 e. The minimum Gasteiger partial charge on any atom is -0.497 e. The Labute approximate surface area is 189 Å². The summed E-state index contributed by atoms with van der Waals surface area (Å²) in [5.41, 5.74) is 0.188. The predicted octanol–water partition coefficient (Wildman–Crippen LogP) is 3.35. The summed E-state index contributed by atoms with van der Waals surface area (Å²) in [4.78, 5) is 37.0. The normalized spacial score (nSPS) is 10.5. The minimum absolute atomic E-state index is 0.0675. The number of hydrogen-bond acceptors (Lipinski definition) is 9. The van der Waals surface area contributed by atoms with Gasteiger partial charge in [-0.2, -0.15) is 0 Å². The third-order valence-corrected chi connectivity index (χ3v) is 4.48. The molecular weight excluding hydrogens is 432 g/mol. The molecule has 2 aromatic carbocycles. The summed E-state index contributed by atoms with van der Waals surface area (Å²) >= 11 is 0. The van der Waals surface area contributed by atoms with Gasteiger partial charge in [0.2, 0.25) is 11.2 Å². The highest BCUT2D eigenvalue weighted by Crippen LogP contribution is 2.34. The highest BCUT2D eigenvalue weighted by Gasteiger charge is 2.22. The van der Waals surface area contributed by atoms with Crippen LogP contribution in [0.5, 0.6) is 17.2 Å². The molecule has 0 aliphatic rings. The van der Waals surface area contributed by atoms with Gasteiger partial charge in [-0.15, -0.1) is 0 Å². The molecule has 9 heteroatoms. The summed E-state index contributed by atoms with van der Waals surface area (Å²) in [5, 5.41) is 0.0675. The van der Waals surface area contributed by atoms with Crippen molar-refractivity contribution in [3.05, 3.63) is 52.7 Å². The van der Waals surface area contributed by atoms with Crippen molar-refractivity contribution in [1.29, 1.82) is 0 Å². The van der Waals surface area contributed by atoms with E-state index in [9.17, 15) is 14.4 Å². The van der Waals surface area contributed by atoms with Gasteiger partial charge in [-0.1, -0.05) is 6.07 Å². The molecule has 1 aromatic heterocycles. The highest BCUT2D eigenvalue weighted by molar-refractivity contribution is 5.88. The zero-order chi connectivity index (χ0) is 23.8. The Hall–Kier alpha value is -4.01. The van der Waals surface area contributed by atoms with Gasteiger partial charge in [0.25, 0.3) is 0 Å². The summed E-state index contributed by atoms with van der Waals surface area (Å²) < 4.78 is 32.0. The third kappa shape index (κ3) is 5.62. The maximum atomic E-state index is 13.4. The molecule has 174 valence electrons. The summed E-state index contributed by atoms with van der Waals surface area (Å²) in [6.07, 6.45) is 0. The number of benzene rings is 2. The lowest BCUT2D eigenvalue weighted by atomic mass is 10.1. The quantitative estimate of drug-likeness (QED) is 0.424. The SMILES string of the molecule is CCOC(=O)COc1c(-c2ccc(OC)cc2)oc2cccc(OCC(=O)OCC)c2c1=O. The lowest BCUT2D eigenvalue weighted by molar-refractivity contribution is -0.146. The number of methoxy groups -OCH3 is 1. The van der Waals surface area contributed by atoms with E-state index in [4.69, 9.17) is 28.1 Å². The number of carbonyl (C=O) groups excluding carboxylic acids is 2. The van der Waals surface area contributed by atoms with Crippen LogP contribution < -0.4 is 19.6 Å². The van der Waals surface area contributed by atoms with Crippen LogP contribution in [0.1, 0.15) is 13.8 Å². The Morgan fingerprint density at radius 3 is 2.12 bits per heavy atom. The van der Waals surface area contributed by atoms with Gasteiger partial charge in [0, 0.05) is 5.56 Å². The summed E-state index contributed by atoms with van der Waals surface area (Å²) in [6, 6.07) is 11.5. The molecule has 0 bridgehead atoms. The van der Waals surface area contributed by atoms with Crippen LogP contribution in [0.3, 0.4) is 0 Å². The van der Waals surface area contributed by atoms with E-state index in [2.05, 4.69) is 0 Å². The first-order valence-electron chi connectivity index (χ1n) is 10.3. The Bertz CT molecular complexity index is 1180. The number of ether oxygens (including phenoxy) is 5. The molecule has 0 atom stereocenters. The summed E-state index contributed by atoms with van der Waals surface area (Å²) in [6.45, 7) is 2.85. The van der Waals surface area contributed by atoms with E-state index in [0.717, 1.165) is 0 Å². The van der Waals surface area contributed by atoms with Gasteiger partial charge in [0.05, 0.1) is 20.3 Å². The molecule has 1 heterocycles. The molecule has 3 aromatic rings. The lowest BCUT2D eigenvalue weighted by Gasteiger charge is -2.13. The molecule has 0 radical (unpaired) electrons. The van der Waals surface area contributed by atoms with Gasteiger partial charge in [0.1, 0.15) is 22.5 Å². The molecule has 3 rings (SSSR count). The van der Waals surface area contributed by atoms with E-state index in [1.165, 1.54) is 13.2 Å². The average Bonchev–Trinajstić information content (AvgIpc) is 2.82. The van der Waals surface area contributed by atoms with Crippen LogP contribution in [0.4, 0.5) is 0 Å². The summed E-state index contributed by atoms with van der Waals surface area (Å²) in [7, 11) is 1.54. The van der Waals surface area contributed by atoms with Gasteiger partial charge in [0.15, 0.2) is 19.0 Å². The van der Waals surface area contributed by atoms with Gasteiger partial charge >= 0.3 is 11.9 Å². The average molecular weight is 456 g/mol. The van der Waals surface area contributed by atoms with Crippen molar-refractivity contribution in [2.75, 3.05) is 33.5 Å². The van der Waals surface area contributed by atoms with E-state index < -0.39 is 24.0 Å². The number of fused-ring (bicyclic) bond motifs is 1. The molecule has 0 N–H and O–H groups in total. The monoisotopic (exact) mass is 456 g/mol. The molecule has 0 fully saturated rings. The number of hydrogen-bond donors (Lipinski definition) is 0. The molecule has 0 spiro atoms. The Morgan fingerprint density at radius 2 is 1.52 bits per heavy atom. The van der Waals surface area contributed by atoms with Gasteiger partial charge in [-0.3, -0.25) is 4.79 Å². The topological polar surface area (TPSA) is 111 Å². The van der Waals surface area contributed by atoms with Crippen molar-refractivity contribution >= 4 is 22.9 Å². The van der Waals surface area contributed by atoms with E-state index >= 15 is 0 Å². The van der Waals surface area contributed by atoms with Crippen LogP contribution in [-0.4, -0.2) is 45.5 Å². The maximum absolute atomic E-state index is 13.4.